The first kappa shape index (κ1) is 14.9. The maximum atomic E-state index is 11.8. The second-order valence-electron chi connectivity index (χ2n) is 3.53. The summed E-state index contributed by atoms with van der Waals surface area (Å²) in [5.74, 6) is 0. The second kappa shape index (κ2) is 6.68. The fourth-order valence-corrected chi connectivity index (χ4v) is 2.84. The summed E-state index contributed by atoms with van der Waals surface area (Å²) in [6.45, 7) is 2.29. The first-order valence-electron chi connectivity index (χ1n) is 5.20. The minimum absolute atomic E-state index is 0.00154. The van der Waals surface area contributed by atoms with Gasteiger partial charge in [-0.1, -0.05) is 6.92 Å². The van der Waals surface area contributed by atoms with Crippen LogP contribution in [0.15, 0.2) is 27.8 Å². The zero-order valence-corrected chi connectivity index (χ0v) is 12.5. The standard InChI is InChI=1S/C10H14BrClN2O2S/c1-2-9(12)3-4-14-17(15,16)10-5-8(11)6-13-7-10/h5-7,9,14H,2-4H2,1H3. The maximum Gasteiger partial charge on any atom is 0.242 e. The Labute approximate surface area is 115 Å². The van der Waals surface area contributed by atoms with Crippen molar-refractivity contribution in [2.24, 2.45) is 0 Å². The molecule has 1 aromatic rings. The lowest BCUT2D eigenvalue weighted by atomic mass is 10.2. The van der Waals surface area contributed by atoms with Crippen LogP contribution in [0.4, 0.5) is 0 Å². The second-order valence-corrected chi connectivity index (χ2v) is 6.83. The Morgan fingerprint density at radius 1 is 1.53 bits per heavy atom. The molecule has 1 atom stereocenters. The zero-order chi connectivity index (χ0) is 12.9. The molecule has 0 saturated heterocycles. The topological polar surface area (TPSA) is 59.1 Å². The average Bonchev–Trinajstić information content (AvgIpc) is 2.28. The van der Waals surface area contributed by atoms with Crippen LogP contribution >= 0.6 is 27.5 Å². The summed E-state index contributed by atoms with van der Waals surface area (Å²) in [7, 11) is -3.49. The lowest BCUT2D eigenvalue weighted by Crippen LogP contribution is -2.26. The van der Waals surface area contributed by atoms with E-state index in [9.17, 15) is 8.42 Å². The highest BCUT2D eigenvalue weighted by Crippen LogP contribution is 2.14. The molecule has 1 unspecified atom stereocenters. The van der Waals surface area contributed by atoms with Gasteiger partial charge in [0.05, 0.1) is 0 Å². The third-order valence-corrected chi connectivity index (χ3v) is 4.57. The van der Waals surface area contributed by atoms with Crippen molar-refractivity contribution in [3.63, 3.8) is 0 Å². The lowest BCUT2D eigenvalue weighted by molar-refractivity contribution is 0.576. The van der Waals surface area contributed by atoms with Crippen LogP contribution in [0.3, 0.4) is 0 Å². The maximum absolute atomic E-state index is 11.8. The molecule has 0 radical (unpaired) electrons. The average molecular weight is 342 g/mol. The van der Waals surface area contributed by atoms with Gasteiger partial charge in [-0.2, -0.15) is 0 Å². The number of rotatable bonds is 6. The van der Waals surface area contributed by atoms with Crippen LogP contribution in [-0.2, 0) is 10.0 Å². The summed E-state index contributed by atoms with van der Waals surface area (Å²) in [4.78, 5) is 3.97. The molecule has 7 heteroatoms. The van der Waals surface area contributed by atoms with Crippen LogP contribution in [0, 0.1) is 0 Å². The van der Waals surface area contributed by atoms with Gasteiger partial charge < -0.3 is 0 Å². The fourth-order valence-electron chi connectivity index (χ4n) is 1.18. The molecule has 0 bridgehead atoms. The molecule has 1 aromatic heterocycles. The number of hydrogen-bond donors (Lipinski definition) is 1. The van der Waals surface area contributed by atoms with E-state index in [1.54, 1.807) is 0 Å². The molecule has 17 heavy (non-hydrogen) atoms. The third-order valence-electron chi connectivity index (χ3n) is 2.18. The summed E-state index contributed by atoms with van der Waals surface area (Å²) in [5, 5.41) is -0.00154. The zero-order valence-electron chi connectivity index (χ0n) is 9.36. The first-order valence-corrected chi connectivity index (χ1v) is 7.91. The number of nitrogens with zero attached hydrogens (tertiary/aromatic N) is 1. The molecule has 4 nitrogen and oxygen atoms in total. The minimum atomic E-state index is -3.49. The summed E-state index contributed by atoms with van der Waals surface area (Å²) < 4.78 is 26.8. The normalized spacial score (nSPS) is 13.6. The molecule has 0 fully saturated rings. The summed E-state index contributed by atoms with van der Waals surface area (Å²) >= 11 is 9.09. The predicted molar refractivity (Wildman–Crippen MR) is 71.7 cm³/mol. The highest BCUT2D eigenvalue weighted by molar-refractivity contribution is 9.10. The molecule has 96 valence electrons. The summed E-state index contributed by atoms with van der Waals surface area (Å²) in [6, 6.07) is 1.51. The molecule has 0 amide bonds. The number of alkyl halides is 1. The number of hydrogen-bond acceptors (Lipinski definition) is 3. The Balaban J connectivity index is 2.63. The predicted octanol–water partition coefficient (Wildman–Crippen LogP) is 2.53. The number of sulfonamides is 1. The Bertz CT molecular complexity index is 467. The molecule has 1 rings (SSSR count). The molecule has 1 heterocycles. The molecule has 0 aliphatic carbocycles. The summed E-state index contributed by atoms with van der Waals surface area (Å²) in [6.07, 6.45) is 4.27. The highest BCUT2D eigenvalue weighted by atomic mass is 79.9. The quantitative estimate of drug-likeness (QED) is 0.809. The van der Waals surface area contributed by atoms with Crippen molar-refractivity contribution in [2.75, 3.05) is 6.54 Å². The van der Waals surface area contributed by atoms with Gasteiger partial charge in [0.15, 0.2) is 0 Å². The lowest BCUT2D eigenvalue weighted by Gasteiger charge is -2.08. The van der Waals surface area contributed by atoms with Crippen molar-refractivity contribution < 1.29 is 8.42 Å². The highest BCUT2D eigenvalue weighted by Gasteiger charge is 2.14. The Morgan fingerprint density at radius 3 is 2.82 bits per heavy atom. The van der Waals surface area contributed by atoms with Crippen LogP contribution in [-0.4, -0.2) is 25.3 Å². The van der Waals surface area contributed by atoms with E-state index in [0.717, 1.165) is 6.42 Å². The van der Waals surface area contributed by atoms with Crippen LogP contribution in [0.25, 0.3) is 0 Å². The van der Waals surface area contributed by atoms with Gasteiger partial charge in [0.2, 0.25) is 10.0 Å². The molecule has 0 saturated carbocycles. The van der Waals surface area contributed by atoms with Gasteiger partial charge in [0.25, 0.3) is 0 Å². The van der Waals surface area contributed by atoms with E-state index < -0.39 is 10.0 Å². The van der Waals surface area contributed by atoms with Crippen molar-refractivity contribution in [3.05, 3.63) is 22.9 Å². The van der Waals surface area contributed by atoms with Gasteiger partial charge >= 0.3 is 0 Å². The molecule has 1 N–H and O–H groups in total. The van der Waals surface area contributed by atoms with Crippen LogP contribution in [0.5, 0.6) is 0 Å². The summed E-state index contributed by atoms with van der Waals surface area (Å²) in [5.41, 5.74) is 0. The van der Waals surface area contributed by atoms with Crippen LogP contribution < -0.4 is 4.72 Å². The van der Waals surface area contributed by atoms with Crippen LogP contribution in [0.2, 0.25) is 0 Å². The molecule has 0 aromatic carbocycles. The molecule has 0 aliphatic heterocycles. The number of aromatic nitrogens is 1. The van der Waals surface area contributed by atoms with E-state index in [4.69, 9.17) is 11.6 Å². The van der Waals surface area contributed by atoms with Gasteiger partial charge in [-0.25, -0.2) is 13.1 Å². The Kier molecular flexibility index (Phi) is 5.85. The van der Waals surface area contributed by atoms with E-state index in [1.807, 2.05) is 6.92 Å². The van der Waals surface area contributed by atoms with E-state index in [0.29, 0.717) is 17.4 Å². The van der Waals surface area contributed by atoms with Gasteiger partial charge in [-0.15, -0.1) is 11.6 Å². The molecule has 0 spiro atoms. The van der Waals surface area contributed by atoms with Gasteiger partial charge in [0, 0.05) is 28.8 Å². The van der Waals surface area contributed by atoms with Crippen molar-refractivity contribution in [2.45, 2.75) is 30.0 Å². The van der Waals surface area contributed by atoms with Gasteiger partial charge in [-0.3, -0.25) is 4.98 Å². The number of nitrogens with one attached hydrogen (secondary N) is 1. The molecular weight excluding hydrogens is 328 g/mol. The Morgan fingerprint density at radius 2 is 2.24 bits per heavy atom. The molecular formula is C10H14BrClN2O2S. The monoisotopic (exact) mass is 340 g/mol. The minimum Gasteiger partial charge on any atom is -0.262 e. The first-order chi connectivity index (χ1) is 7.95. The van der Waals surface area contributed by atoms with Gasteiger partial charge in [0.1, 0.15) is 4.90 Å². The number of halogens is 2. The Hall–Kier alpha value is -0.170. The van der Waals surface area contributed by atoms with Gasteiger partial charge in [-0.05, 0) is 34.8 Å². The number of pyridine rings is 1. The smallest absolute Gasteiger partial charge is 0.242 e. The van der Waals surface area contributed by atoms with Crippen molar-refractivity contribution in [1.29, 1.82) is 0 Å². The van der Waals surface area contributed by atoms with E-state index >= 15 is 0 Å². The van der Waals surface area contributed by atoms with Crippen molar-refractivity contribution in [1.82, 2.24) is 9.71 Å². The van der Waals surface area contributed by atoms with Crippen molar-refractivity contribution in [3.8, 4) is 0 Å². The SMILES string of the molecule is CCC(Cl)CCNS(=O)(=O)c1cncc(Br)c1. The van der Waals surface area contributed by atoms with Crippen molar-refractivity contribution >= 4 is 37.6 Å². The van der Waals surface area contributed by atoms with Crippen LogP contribution in [0.1, 0.15) is 19.8 Å². The largest absolute Gasteiger partial charge is 0.262 e. The molecule has 0 aliphatic rings. The van der Waals surface area contributed by atoms with E-state index in [-0.39, 0.29) is 10.3 Å². The van der Waals surface area contributed by atoms with E-state index in [2.05, 4.69) is 25.6 Å². The third kappa shape index (κ3) is 4.91. The van der Waals surface area contributed by atoms with E-state index in [1.165, 1.54) is 18.5 Å². The fraction of sp³-hybridized carbons (Fsp3) is 0.500.